The fourth-order valence-corrected chi connectivity index (χ4v) is 3.74. The van der Waals surface area contributed by atoms with Crippen molar-refractivity contribution in [2.75, 3.05) is 12.8 Å². The Bertz CT molecular complexity index is 1100. The van der Waals surface area contributed by atoms with E-state index >= 15 is 0 Å². The Morgan fingerprint density at radius 1 is 1.26 bits per heavy atom. The van der Waals surface area contributed by atoms with E-state index in [2.05, 4.69) is 4.98 Å². The number of ether oxygens (including phenoxy) is 1. The molecule has 0 atom stereocenters. The number of nitrogen functional groups attached to an aromatic ring is 1. The van der Waals surface area contributed by atoms with Crippen molar-refractivity contribution in [1.82, 2.24) is 14.1 Å². The lowest BCUT2D eigenvalue weighted by molar-refractivity contribution is 0.416. The van der Waals surface area contributed by atoms with Gasteiger partial charge in [-0.05, 0) is 18.1 Å². The lowest BCUT2D eigenvalue weighted by Crippen LogP contribution is -2.41. The normalized spacial score (nSPS) is 11.1. The molecule has 0 saturated heterocycles. The Labute approximate surface area is 160 Å². The molecule has 27 heavy (non-hydrogen) atoms. The number of hydrogen-bond donors (Lipinski definition) is 1. The first-order chi connectivity index (χ1) is 12.8. The summed E-state index contributed by atoms with van der Waals surface area (Å²) in [6.07, 6.45) is 0. The molecular weight excluding hydrogens is 364 g/mol. The summed E-state index contributed by atoms with van der Waals surface area (Å²) in [5, 5.41) is 2.49. The van der Waals surface area contributed by atoms with Gasteiger partial charge in [-0.25, -0.2) is 9.78 Å². The molecule has 0 amide bonds. The van der Waals surface area contributed by atoms with E-state index < -0.39 is 11.2 Å². The van der Waals surface area contributed by atoms with E-state index in [0.29, 0.717) is 23.0 Å². The summed E-state index contributed by atoms with van der Waals surface area (Å²) in [4.78, 5) is 29.8. The number of para-hydroxylation sites is 1. The van der Waals surface area contributed by atoms with Crippen molar-refractivity contribution in [2.45, 2.75) is 20.4 Å². The van der Waals surface area contributed by atoms with Crippen LogP contribution < -0.4 is 21.7 Å². The molecule has 0 spiro atoms. The summed E-state index contributed by atoms with van der Waals surface area (Å²) in [6.45, 7) is 4.40. The van der Waals surface area contributed by atoms with Gasteiger partial charge in [0.15, 0.2) is 0 Å². The van der Waals surface area contributed by atoms with Crippen molar-refractivity contribution in [3.05, 3.63) is 50.5 Å². The van der Waals surface area contributed by atoms with Crippen LogP contribution in [0.4, 0.5) is 5.82 Å². The van der Waals surface area contributed by atoms with E-state index in [-0.39, 0.29) is 17.3 Å². The van der Waals surface area contributed by atoms with Crippen LogP contribution in [-0.4, -0.2) is 21.2 Å². The van der Waals surface area contributed by atoms with Gasteiger partial charge in [-0.3, -0.25) is 13.9 Å². The Morgan fingerprint density at radius 3 is 2.63 bits per heavy atom. The lowest BCUT2D eigenvalue weighted by atomic mass is 10.2. The molecule has 0 bridgehead atoms. The quantitative estimate of drug-likeness (QED) is 0.728. The number of nitrogens with zero attached hydrogens (tertiary/aromatic N) is 3. The molecule has 1 aromatic carbocycles. The molecule has 8 heteroatoms. The van der Waals surface area contributed by atoms with Crippen LogP contribution in [0.2, 0.25) is 0 Å². The molecule has 142 valence electrons. The van der Waals surface area contributed by atoms with Crippen LogP contribution in [0.25, 0.3) is 21.8 Å². The maximum atomic E-state index is 12.7. The number of methoxy groups -OCH3 is 1. The molecule has 0 saturated carbocycles. The highest BCUT2D eigenvalue weighted by molar-refractivity contribution is 7.13. The molecule has 0 radical (unpaired) electrons. The third kappa shape index (κ3) is 3.40. The zero-order chi connectivity index (χ0) is 19.7. The predicted molar refractivity (Wildman–Crippen MR) is 108 cm³/mol. The number of nitrogens with two attached hydrogens (primary N) is 1. The van der Waals surface area contributed by atoms with Crippen LogP contribution in [0.15, 0.2) is 39.2 Å². The Balaban J connectivity index is 2.19. The van der Waals surface area contributed by atoms with E-state index in [0.717, 1.165) is 10.1 Å². The average Bonchev–Trinajstić information content (AvgIpc) is 3.13. The van der Waals surface area contributed by atoms with E-state index in [1.807, 2.05) is 38.1 Å². The van der Waals surface area contributed by atoms with Crippen LogP contribution in [0.3, 0.4) is 0 Å². The molecule has 3 rings (SSSR count). The molecule has 0 aliphatic carbocycles. The van der Waals surface area contributed by atoms with Crippen LogP contribution in [-0.2, 0) is 13.6 Å². The zero-order valence-corrected chi connectivity index (χ0v) is 16.5. The average molecular weight is 386 g/mol. The van der Waals surface area contributed by atoms with Gasteiger partial charge in [0.2, 0.25) is 0 Å². The fourth-order valence-electron chi connectivity index (χ4n) is 2.90. The van der Waals surface area contributed by atoms with Gasteiger partial charge >= 0.3 is 5.69 Å². The molecule has 0 unspecified atom stereocenters. The molecule has 0 aliphatic rings. The second-order valence-electron chi connectivity index (χ2n) is 6.65. The van der Waals surface area contributed by atoms with Crippen LogP contribution in [0.1, 0.15) is 13.8 Å². The summed E-state index contributed by atoms with van der Waals surface area (Å²) in [7, 11) is 3.06. The minimum atomic E-state index is -0.450. The highest BCUT2D eigenvalue weighted by Gasteiger charge is 2.20. The number of anilines is 1. The highest BCUT2D eigenvalue weighted by Crippen LogP contribution is 2.34. The predicted octanol–water partition coefficient (Wildman–Crippen LogP) is 2.58. The summed E-state index contributed by atoms with van der Waals surface area (Å²) in [5.74, 6) is 1.05. The first kappa shape index (κ1) is 18.9. The Kier molecular flexibility index (Phi) is 5.18. The van der Waals surface area contributed by atoms with Gasteiger partial charge in [0, 0.05) is 19.0 Å². The SMILES string of the molecule is COc1ccccc1-c1nc(-c2c(N)n(CC(C)C)c(=O)n(C)c2=O)cs1. The fraction of sp³-hybridized carbons (Fsp3) is 0.316. The summed E-state index contributed by atoms with van der Waals surface area (Å²) >= 11 is 1.39. The van der Waals surface area contributed by atoms with Gasteiger partial charge in [-0.2, -0.15) is 0 Å². The van der Waals surface area contributed by atoms with Crippen LogP contribution >= 0.6 is 11.3 Å². The van der Waals surface area contributed by atoms with Crippen molar-refractivity contribution >= 4 is 17.2 Å². The van der Waals surface area contributed by atoms with Crippen molar-refractivity contribution in [3.8, 4) is 27.6 Å². The Morgan fingerprint density at radius 2 is 1.96 bits per heavy atom. The third-order valence-electron chi connectivity index (χ3n) is 4.23. The number of benzene rings is 1. The van der Waals surface area contributed by atoms with Crippen LogP contribution in [0, 0.1) is 5.92 Å². The van der Waals surface area contributed by atoms with Crippen molar-refractivity contribution in [2.24, 2.45) is 13.0 Å². The zero-order valence-electron chi connectivity index (χ0n) is 15.7. The van der Waals surface area contributed by atoms with Gasteiger partial charge in [0.05, 0.1) is 18.4 Å². The third-order valence-corrected chi connectivity index (χ3v) is 5.10. The highest BCUT2D eigenvalue weighted by atomic mass is 32.1. The van der Waals surface area contributed by atoms with Gasteiger partial charge < -0.3 is 10.5 Å². The molecule has 0 fully saturated rings. The molecule has 2 heterocycles. The van der Waals surface area contributed by atoms with Gasteiger partial charge in [0.1, 0.15) is 22.1 Å². The van der Waals surface area contributed by atoms with E-state index in [9.17, 15) is 9.59 Å². The van der Waals surface area contributed by atoms with Crippen molar-refractivity contribution < 1.29 is 4.74 Å². The molecule has 3 aromatic rings. The number of aromatic nitrogens is 3. The van der Waals surface area contributed by atoms with E-state index in [1.54, 1.807) is 12.5 Å². The minimum absolute atomic E-state index is 0.147. The first-order valence-electron chi connectivity index (χ1n) is 8.53. The van der Waals surface area contributed by atoms with Crippen LogP contribution in [0.5, 0.6) is 5.75 Å². The maximum Gasteiger partial charge on any atom is 0.332 e. The molecule has 0 aliphatic heterocycles. The molecule has 2 N–H and O–H groups in total. The smallest absolute Gasteiger partial charge is 0.332 e. The maximum absolute atomic E-state index is 12.7. The number of rotatable bonds is 5. The first-order valence-corrected chi connectivity index (χ1v) is 9.41. The topological polar surface area (TPSA) is 92.1 Å². The standard InChI is InChI=1S/C19H22N4O3S/c1-11(2)9-23-16(20)15(18(24)22(3)19(23)25)13-10-27-17(21-13)12-7-5-6-8-14(12)26-4/h5-8,10-11H,9,20H2,1-4H3. The van der Waals surface area contributed by atoms with E-state index in [4.69, 9.17) is 10.5 Å². The van der Waals surface area contributed by atoms with Crippen molar-refractivity contribution in [1.29, 1.82) is 0 Å². The number of thiazole rings is 1. The van der Waals surface area contributed by atoms with E-state index in [1.165, 1.54) is 23.0 Å². The lowest BCUT2D eigenvalue weighted by Gasteiger charge is -2.15. The van der Waals surface area contributed by atoms with Gasteiger partial charge in [-0.1, -0.05) is 26.0 Å². The van der Waals surface area contributed by atoms with Gasteiger partial charge in [-0.15, -0.1) is 11.3 Å². The van der Waals surface area contributed by atoms with Gasteiger partial charge in [0.25, 0.3) is 5.56 Å². The molecule has 2 aromatic heterocycles. The summed E-state index contributed by atoms with van der Waals surface area (Å²) in [6, 6.07) is 7.54. The summed E-state index contributed by atoms with van der Waals surface area (Å²) < 4.78 is 7.90. The second kappa shape index (κ2) is 7.40. The molecular formula is C19H22N4O3S. The summed E-state index contributed by atoms with van der Waals surface area (Å²) in [5.41, 5.74) is 6.89. The minimum Gasteiger partial charge on any atom is -0.496 e. The number of hydrogen-bond acceptors (Lipinski definition) is 6. The monoisotopic (exact) mass is 386 g/mol. The Hall–Kier alpha value is -2.87. The molecule has 7 nitrogen and oxygen atoms in total. The largest absolute Gasteiger partial charge is 0.496 e. The van der Waals surface area contributed by atoms with Crippen molar-refractivity contribution in [3.63, 3.8) is 0 Å². The second-order valence-corrected chi connectivity index (χ2v) is 7.51.